The van der Waals surface area contributed by atoms with Crippen molar-refractivity contribution in [1.29, 1.82) is 0 Å². The summed E-state index contributed by atoms with van der Waals surface area (Å²) in [4.78, 5) is 35.7. The van der Waals surface area contributed by atoms with Crippen LogP contribution in [-0.2, 0) is 32.7 Å². The van der Waals surface area contributed by atoms with Crippen molar-refractivity contribution >= 4 is 19.8 Å². The lowest BCUT2D eigenvalue weighted by molar-refractivity contribution is -0.870. The Hall–Kier alpha value is -2.03. The molecule has 0 aliphatic carbocycles. The Morgan fingerprint density at radius 2 is 0.750 bits per heavy atom. The van der Waals surface area contributed by atoms with E-state index in [0.29, 0.717) is 23.9 Å². The molecule has 2 unspecified atom stereocenters. The van der Waals surface area contributed by atoms with Gasteiger partial charge in [0.2, 0.25) is 0 Å². The summed E-state index contributed by atoms with van der Waals surface area (Å²) in [6.45, 7) is 4.37. The van der Waals surface area contributed by atoms with Crippen molar-refractivity contribution in [3.8, 4) is 0 Å². The van der Waals surface area contributed by atoms with Crippen LogP contribution >= 0.6 is 7.82 Å². The predicted octanol–water partition coefficient (Wildman–Crippen LogP) is 20.5. The maximum absolute atomic E-state index is 12.8. The van der Waals surface area contributed by atoms with Gasteiger partial charge in [-0.05, 0) is 51.4 Å². The van der Waals surface area contributed by atoms with Crippen molar-refractivity contribution < 1.29 is 42.1 Å². The van der Waals surface area contributed by atoms with Crippen molar-refractivity contribution in [2.45, 2.75) is 315 Å². The summed E-state index contributed by atoms with van der Waals surface area (Å²) in [6, 6.07) is 0. The van der Waals surface area contributed by atoms with Crippen molar-refractivity contribution in [1.82, 2.24) is 0 Å². The van der Waals surface area contributed by atoms with Crippen molar-refractivity contribution in [2.24, 2.45) is 0 Å². The van der Waals surface area contributed by atoms with E-state index in [4.69, 9.17) is 18.5 Å². The Bertz CT molecular complexity index is 1420. The molecule has 0 bridgehead atoms. The summed E-state index contributed by atoms with van der Waals surface area (Å²) in [7, 11) is 1.49. The highest BCUT2D eigenvalue weighted by atomic mass is 31.2. The van der Waals surface area contributed by atoms with Gasteiger partial charge in [-0.1, -0.05) is 294 Å². The minimum absolute atomic E-state index is 0.0349. The van der Waals surface area contributed by atoms with Crippen LogP contribution in [0.4, 0.5) is 0 Å². The van der Waals surface area contributed by atoms with Gasteiger partial charge in [0.1, 0.15) is 19.8 Å². The first-order valence-corrected chi connectivity index (χ1v) is 33.9. The molecule has 0 radical (unpaired) electrons. The fourth-order valence-corrected chi connectivity index (χ4v) is 10.2. The van der Waals surface area contributed by atoms with Crippen molar-refractivity contribution in [2.75, 3.05) is 47.5 Å². The zero-order valence-corrected chi connectivity index (χ0v) is 51.6. The molecule has 9 nitrogen and oxygen atoms in total. The van der Waals surface area contributed by atoms with Crippen LogP contribution in [0.15, 0.2) is 48.6 Å². The van der Waals surface area contributed by atoms with E-state index in [-0.39, 0.29) is 25.6 Å². The molecule has 0 spiro atoms. The molecule has 2 atom stereocenters. The standard InChI is InChI=1S/C66H124NO8P/c1-6-8-10-12-14-16-18-20-22-23-24-25-26-27-28-29-30-31-32-33-34-35-36-37-38-39-40-41-42-43-45-47-49-51-53-55-57-59-66(69)75-64(63-74-76(70,71)73-61-60-67(3,4)5)62-72-65(68)58-56-54-52-50-48-46-44-21-19-17-15-13-11-9-7-2/h8,10,14,16,20,22,24-25,64H,6-7,9,11-13,15,17-19,21,23,26-63H2,1-5H3/p+1/b10-8-,16-14-,22-20-,25-24-. The second kappa shape index (κ2) is 57.6. The van der Waals surface area contributed by atoms with E-state index >= 15 is 0 Å². The second-order valence-corrected chi connectivity index (χ2v) is 24.6. The number of likely N-dealkylation sites (N-methyl/N-ethyl adjacent to an activating group) is 1. The third-order valence-corrected chi connectivity index (χ3v) is 15.4. The number of allylic oxidation sites excluding steroid dienone is 8. The fraction of sp³-hybridized carbons (Fsp3) is 0.848. The topological polar surface area (TPSA) is 108 Å². The lowest BCUT2D eigenvalue weighted by Gasteiger charge is -2.24. The number of esters is 2. The Morgan fingerprint density at radius 1 is 0.421 bits per heavy atom. The summed E-state index contributed by atoms with van der Waals surface area (Å²) in [5, 5.41) is 0. The van der Waals surface area contributed by atoms with E-state index in [9.17, 15) is 19.0 Å². The zero-order chi connectivity index (χ0) is 55.6. The highest BCUT2D eigenvalue weighted by molar-refractivity contribution is 7.47. The number of phosphoric acid groups is 1. The van der Waals surface area contributed by atoms with Gasteiger partial charge in [0, 0.05) is 12.8 Å². The van der Waals surface area contributed by atoms with E-state index in [2.05, 4.69) is 62.5 Å². The van der Waals surface area contributed by atoms with Gasteiger partial charge in [-0.3, -0.25) is 18.6 Å². The Morgan fingerprint density at radius 3 is 1.12 bits per heavy atom. The third-order valence-electron chi connectivity index (χ3n) is 14.4. The minimum atomic E-state index is -4.38. The molecule has 1 N–H and O–H groups in total. The molecular formula is C66H125NO8P+. The molecule has 0 amide bonds. The molecule has 446 valence electrons. The van der Waals surface area contributed by atoms with Gasteiger partial charge in [-0.25, -0.2) is 4.57 Å². The first-order chi connectivity index (χ1) is 37.0. The fourth-order valence-electron chi connectivity index (χ4n) is 9.42. The predicted molar refractivity (Wildman–Crippen MR) is 326 cm³/mol. The van der Waals surface area contributed by atoms with E-state index in [1.165, 1.54) is 218 Å². The Balaban J connectivity index is 3.92. The molecule has 0 aliphatic rings. The second-order valence-electron chi connectivity index (χ2n) is 23.1. The molecule has 0 aromatic heterocycles. The number of hydrogen-bond acceptors (Lipinski definition) is 7. The highest BCUT2D eigenvalue weighted by Gasteiger charge is 2.27. The highest BCUT2D eigenvalue weighted by Crippen LogP contribution is 2.43. The molecule has 0 aromatic carbocycles. The number of carbonyl (C=O) groups excluding carboxylic acids is 2. The number of unbranched alkanes of at least 4 members (excludes halogenated alkanes) is 38. The average Bonchev–Trinajstić information content (AvgIpc) is 3.38. The number of ether oxygens (including phenoxy) is 2. The molecule has 0 fully saturated rings. The summed E-state index contributed by atoms with van der Waals surface area (Å²) in [6.07, 6.45) is 73.6. The number of hydrogen-bond donors (Lipinski definition) is 1. The number of carbonyl (C=O) groups is 2. The number of rotatable bonds is 60. The molecular weight excluding hydrogens is 966 g/mol. The maximum Gasteiger partial charge on any atom is 0.472 e. The number of quaternary nitrogens is 1. The first kappa shape index (κ1) is 74.0. The van der Waals surface area contributed by atoms with Crippen LogP contribution in [0.3, 0.4) is 0 Å². The molecule has 0 heterocycles. The van der Waals surface area contributed by atoms with Crippen LogP contribution in [0, 0.1) is 0 Å². The monoisotopic (exact) mass is 1090 g/mol. The van der Waals surface area contributed by atoms with Gasteiger partial charge in [0.15, 0.2) is 6.10 Å². The van der Waals surface area contributed by atoms with Gasteiger partial charge < -0.3 is 18.9 Å². The Labute approximate surface area is 471 Å². The maximum atomic E-state index is 12.8. The molecule has 0 rings (SSSR count). The summed E-state index contributed by atoms with van der Waals surface area (Å²) in [5.74, 6) is -0.779. The van der Waals surface area contributed by atoms with Gasteiger partial charge in [-0.15, -0.1) is 0 Å². The van der Waals surface area contributed by atoms with Crippen LogP contribution in [0.25, 0.3) is 0 Å². The number of nitrogens with zero attached hydrogens (tertiary/aromatic N) is 1. The van der Waals surface area contributed by atoms with Crippen molar-refractivity contribution in [3.63, 3.8) is 0 Å². The van der Waals surface area contributed by atoms with Gasteiger partial charge >= 0.3 is 19.8 Å². The normalized spacial score (nSPS) is 13.5. The van der Waals surface area contributed by atoms with Crippen LogP contribution in [0.2, 0.25) is 0 Å². The summed E-state index contributed by atoms with van der Waals surface area (Å²) in [5.41, 5.74) is 0. The average molecular weight is 1090 g/mol. The van der Waals surface area contributed by atoms with Gasteiger partial charge in [0.05, 0.1) is 27.7 Å². The van der Waals surface area contributed by atoms with Crippen LogP contribution in [-0.4, -0.2) is 74.9 Å². The van der Waals surface area contributed by atoms with E-state index in [1.54, 1.807) is 0 Å². The van der Waals surface area contributed by atoms with Gasteiger partial charge in [0.25, 0.3) is 0 Å². The van der Waals surface area contributed by atoms with Crippen LogP contribution < -0.4 is 0 Å². The largest absolute Gasteiger partial charge is 0.472 e. The molecule has 0 saturated carbocycles. The molecule has 76 heavy (non-hydrogen) atoms. The van der Waals surface area contributed by atoms with Gasteiger partial charge in [-0.2, -0.15) is 0 Å². The third kappa shape index (κ3) is 61.2. The summed E-state index contributed by atoms with van der Waals surface area (Å²) < 4.78 is 34.6. The quantitative estimate of drug-likeness (QED) is 0.0211. The molecule has 0 saturated heterocycles. The summed E-state index contributed by atoms with van der Waals surface area (Å²) >= 11 is 0. The zero-order valence-electron chi connectivity index (χ0n) is 50.8. The lowest BCUT2D eigenvalue weighted by Crippen LogP contribution is -2.37. The van der Waals surface area contributed by atoms with Crippen molar-refractivity contribution in [3.05, 3.63) is 48.6 Å². The number of phosphoric ester groups is 1. The minimum Gasteiger partial charge on any atom is -0.462 e. The van der Waals surface area contributed by atoms with Crippen LogP contribution in [0.1, 0.15) is 309 Å². The molecule has 0 aromatic rings. The SMILES string of the molecule is CC/C=C\C/C=C\C/C=C\C/C=C\CCCCCCCCCCCCCCCCCCCCCCCCCCC(=O)OC(COC(=O)CCCCCCCCCCCCCCCCC)COP(=O)(O)OCC[N+](C)(C)C. The van der Waals surface area contributed by atoms with Crippen LogP contribution in [0.5, 0.6) is 0 Å². The van der Waals surface area contributed by atoms with E-state index < -0.39 is 26.5 Å². The molecule has 0 aliphatic heterocycles. The first-order valence-electron chi connectivity index (χ1n) is 32.4. The smallest absolute Gasteiger partial charge is 0.462 e. The lowest BCUT2D eigenvalue weighted by atomic mass is 10.0. The van der Waals surface area contributed by atoms with E-state index in [0.717, 1.165) is 57.8 Å². The Kier molecular flexibility index (Phi) is 56.1. The molecule has 10 heteroatoms. The van der Waals surface area contributed by atoms with E-state index in [1.807, 2.05) is 21.1 Å².